The quantitative estimate of drug-likeness (QED) is 0.906. The molecule has 0 spiro atoms. The van der Waals surface area contributed by atoms with Crippen LogP contribution in [0.25, 0.3) is 0 Å². The number of carboxylic acids is 1. The van der Waals surface area contributed by atoms with Gasteiger partial charge < -0.3 is 14.7 Å². The molecule has 114 valence electrons. The summed E-state index contributed by atoms with van der Waals surface area (Å²) in [4.78, 5) is 13.3. The van der Waals surface area contributed by atoms with E-state index in [1.165, 1.54) is 12.1 Å². The van der Waals surface area contributed by atoms with Crippen LogP contribution in [-0.2, 0) is 9.53 Å². The molecule has 0 aromatic heterocycles. The van der Waals surface area contributed by atoms with Gasteiger partial charge in [0.05, 0.1) is 19.6 Å². The molecule has 2 aliphatic rings. The number of ether oxygens (including phenoxy) is 1. The Bertz CT molecular complexity index is 524. The first-order chi connectivity index (χ1) is 10.1. The summed E-state index contributed by atoms with van der Waals surface area (Å²) in [7, 11) is 0. The molecule has 1 aromatic rings. The van der Waals surface area contributed by atoms with E-state index in [1.54, 1.807) is 6.07 Å². The summed E-state index contributed by atoms with van der Waals surface area (Å²) in [5, 5.41) is 9.17. The van der Waals surface area contributed by atoms with Gasteiger partial charge in [-0.05, 0) is 48.4 Å². The molecule has 4 nitrogen and oxygen atoms in total. The number of benzene rings is 1. The van der Waals surface area contributed by atoms with Gasteiger partial charge in [0, 0.05) is 18.8 Å². The average molecular weight is 293 g/mol. The number of halogens is 1. The van der Waals surface area contributed by atoms with Crippen molar-refractivity contribution in [2.24, 2.45) is 5.92 Å². The maximum atomic E-state index is 13.7. The van der Waals surface area contributed by atoms with Gasteiger partial charge in [-0.2, -0.15) is 0 Å². The zero-order valence-electron chi connectivity index (χ0n) is 11.9. The van der Waals surface area contributed by atoms with Crippen molar-refractivity contribution in [2.45, 2.75) is 25.2 Å². The maximum Gasteiger partial charge on any atom is 0.303 e. The maximum absolute atomic E-state index is 13.7. The number of carboxylic acid groups (broad SMARTS) is 1. The van der Waals surface area contributed by atoms with Gasteiger partial charge in [-0.25, -0.2) is 4.39 Å². The smallest absolute Gasteiger partial charge is 0.303 e. The molecule has 0 bridgehead atoms. The highest BCUT2D eigenvalue weighted by Crippen LogP contribution is 2.47. The highest BCUT2D eigenvalue weighted by atomic mass is 19.1. The molecule has 1 aliphatic carbocycles. The number of hydrogen-bond donors (Lipinski definition) is 1. The molecule has 1 atom stereocenters. The van der Waals surface area contributed by atoms with Gasteiger partial charge in [0.2, 0.25) is 0 Å². The second-order valence-corrected chi connectivity index (χ2v) is 5.84. The first kappa shape index (κ1) is 14.3. The second-order valence-electron chi connectivity index (χ2n) is 5.84. The predicted molar refractivity (Wildman–Crippen MR) is 77.1 cm³/mol. The Balaban J connectivity index is 1.93. The highest BCUT2D eigenvalue weighted by molar-refractivity contribution is 5.69. The van der Waals surface area contributed by atoms with Crippen LogP contribution in [0.2, 0.25) is 0 Å². The zero-order valence-corrected chi connectivity index (χ0v) is 11.9. The van der Waals surface area contributed by atoms with Gasteiger partial charge in [-0.15, -0.1) is 0 Å². The van der Waals surface area contributed by atoms with E-state index in [2.05, 4.69) is 4.90 Å². The van der Waals surface area contributed by atoms with Crippen LogP contribution >= 0.6 is 0 Å². The van der Waals surface area contributed by atoms with Gasteiger partial charge in [-0.3, -0.25) is 4.79 Å². The molecule has 1 saturated carbocycles. The summed E-state index contributed by atoms with van der Waals surface area (Å²) < 4.78 is 19.1. The normalized spacial score (nSPS) is 20.3. The van der Waals surface area contributed by atoms with E-state index >= 15 is 0 Å². The molecule has 1 aliphatic heterocycles. The topological polar surface area (TPSA) is 49.8 Å². The first-order valence-electron chi connectivity index (χ1n) is 7.49. The van der Waals surface area contributed by atoms with Crippen LogP contribution in [0.5, 0.6) is 0 Å². The minimum absolute atomic E-state index is 0.0749. The molecule has 5 heteroatoms. The Morgan fingerprint density at radius 2 is 2.10 bits per heavy atom. The Morgan fingerprint density at radius 1 is 1.38 bits per heavy atom. The molecular weight excluding hydrogens is 273 g/mol. The minimum atomic E-state index is -0.816. The van der Waals surface area contributed by atoms with E-state index < -0.39 is 5.97 Å². The number of anilines is 1. The lowest BCUT2D eigenvalue weighted by molar-refractivity contribution is -0.137. The van der Waals surface area contributed by atoms with Crippen LogP contribution in [0.15, 0.2) is 18.2 Å². The molecule has 1 saturated heterocycles. The van der Waals surface area contributed by atoms with E-state index in [0.29, 0.717) is 19.1 Å². The molecule has 1 aromatic carbocycles. The SMILES string of the molecule is O=C(O)CC(c1cc(F)ccc1N1CCOCC1)C1CC1. The van der Waals surface area contributed by atoms with Crippen molar-refractivity contribution in [1.29, 1.82) is 0 Å². The Labute approximate surface area is 123 Å². The molecule has 21 heavy (non-hydrogen) atoms. The van der Waals surface area contributed by atoms with Crippen LogP contribution in [0, 0.1) is 11.7 Å². The Morgan fingerprint density at radius 3 is 2.71 bits per heavy atom. The molecule has 3 rings (SSSR count). The minimum Gasteiger partial charge on any atom is -0.481 e. The summed E-state index contributed by atoms with van der Waals surface area (Å²) in [6.45, 7) is 2.85. The molecule has 0 radical (unpaired) electrons. The van der Waals surface area contributed by atoms with Crippen molar-refractivity contribution in [1.82, 2.24) is 0 Å². The number of morpholine rings is 1. The van der Waals surface area contributed by atoms with E-state index in [-0.39, 0.29) is 18.2 Å². The van der Waals surface area contributed by atoms with Crippen LogP contribution in [0.4, 0.5) is 10.1 Å². The Hall–Kier alpha value is -1.62. The molecule has 1 heterocycles. The molecule has 0 amide bonds. The molecular formula is C16H20FNO3. The highest BCUT2D eigenvalue weighted by Gasteiger charge is 2.36. The van der Waals surface area contributed by atoms with Gasteiger partial charge in [0.25, 0.3) is 0 Å². The van der Waals surface area contributed by atoms with Crippen LogP contribution in [0.1, 0.15) is 30.7 Å². The van der Waals surface area contributed by atoms with Crippen LogP contribution in [0.3, 0.4) is 0 Å². The van der Waals surface area contributed by atoms with E-state index in [4.69, 9.17) is 9.84 Å². The fourth-order valence-electron chi connectivity index (χ4n) is 3.13. The second kappa shape index (κ2) is 6.02. The van der Waals surface area contributed by atoms with Crippen molar-refractivity contribution in [2.75, 3.05) is 31.2 Å². The monoisotopic (exact) mass is 293 g/mol. The lowest BCUT2D eigenvalue weighted by Crippen LogP contribution is -2.37. The lowest BCUT2D eigenvalue weighted by atomic mass is 9.89. The standard InChI is InChI=1S/C16H20FNO3/c17-12-3-4-15(18-5-7-21-8-6-18)14(9-12)13(10-16(19)20)11-1-2-11/h3-4,9,11,13H,1-2,5-8,10H2,(H,19,20). The Kier molecular flexibility index (Phi) is 4.10. The van der Waals surface area contributed by atoms with E-state index in [0.717, 1.165) is 37.2 Å². The predicted octanol–water partition coefficient (Wildman–Crippen LogP) is 2.63. The fourth-order valence-corrected chi connectivity index (χ4v) is 3.13. The van der Waals surface area contributed by atoms with Crippen LogP contribution < -0.4 is 4.90 Å². The summed E-state index contributed by atoms with van der Waals surface area (Å²) in [5.41, 5.74) is 1.82. The van der Waals surface area contributed by atoms with Gasteiger partial charge in [0.15, 0.2) is 0 Å². The summed E-state index contributed by atoms with van der Waals surface area (Å²) in [6, 6.07) is 4.77. The summed E-state index contributed by atoms with van der Waals surface area (Å²) in [6.07, 6.45) is 2.15. The third-order valence-electron chi connectivity index (χ3n) is 4.33. The third kappa shape index (κ3) is 3.35. The largest absolute Gasteiger partial charge is 0.481 e. The van der Waals surface area contributed by atoms with Crippen molar-refractivity contribution >= 4 is 11.7 Å². The fraction of sp³-hybridized carbons (Fsp3) is 0.562. The third-order valence-corrected chi connectivity index (χ3v) is 4.33. The number of rotatable bonds is 5. The molecule has 2 fully saturated rings. The van der Waals surface area contributed by atoms with Gasteiger partial charge in [-0.1, -0.05) is 0 Å². The van der Waals surface area contributed by atoms with Crippen molar-refractivity contribution in [3.63, 3.8) is 0 Å². The van der Waals surface area contributed by atoms with E-state index in [1.807, 2.05) is 0 Å². The lowest BCUT2D eigenvalue weighted by Gasteiger charge is -2.32. The number of aliphatic carboxylic acids is 1. The van der Waals surface area contributed by atoms with Gasteiger partial charge in [0.1, 0.15) is 5.82 Å². The van der Waals surface area contributed by atoms with Crippen LogP contribution in [-0.4, -0.2) is 37.4 Å². The van der Waals surface area contributed by atoms with Crippen molar-refractivity contribution in [3.8, 4) is 0 Å². The summed E-state index contributed by atoms with van der Waals surface area (Å²) in [5.74, 6) is -0.819. The average Bonchev–Trinajstić information content (AvgIpc) is 3.30. The van der Waals surface area contributed by atoms with E-state index in [9.17, 15) is 9.18 Å². The zero-order chi connectivity index (χ0) is 14.8. The first-order valence-corrected chi connectivity index (χ1v) is 7.49. The molecule has 1 N–H and O–H groups in total. The van der Waals surface area contributed by atoms with Crippen molar-refractivity contribution in [3.05, 3.63) is 29.6 Å². The molecule has 1 unspecified atom stereocenters. The van der Waals surface area contributed by atoms with Crippen molar-refractivity contribution < 1.29 is 19.0 Å². The summed E-state index contributed by atoms with van der Waals surface area (Å²) >= 11 is 0. The van der Waals surface area contributed by atoms with Gasteiger partial charge >= 0.3 is 5.97 Å². The number of carbonyl (C=O) groups is 1. The number of nitrogens with zero attached hydrogens (tertiary/aromatic N) is 1. The number of hydrogen-bond acceptors (Lipinski definition) is 3.